The van der Waals surface area contributed by atoms with Crippen LogP contribution in [0.1, 0.15) is 40.0 Å². The van der Waals surface area contributed by atoms with Crippen LogP contribution in [0.2, 0.25) is 0 Å². The molecule has 1 atom stereocenters. The molecule has 1 unspecified atom stereocenters. The van der Waals surface area contributed by atoms with Crippen LogP contribution in [0.5, 0.6) is 0 Å². The van der Waals surface area contributed by atoms with Crippen LogP contribution in [-0.4, -0.2) is 52.3 Å². The van der Waals surface area contributed by atoms with Crippen molar-refractivity contribution in [3.8, 4) is 0 Å². The topological polar surface area (TPSA) is 32.3 Å². The Hall–Kier alpha value is 0.0700. The van der Waals surface area contributed by atoms with Gasteiger partial charge in [0.05, 0.1) is 0 Å². The molecule has 17 heavy (non-hydrogen) atoms. The maximum Gasteiger partial charge on any atom is 0.0362 e. The molecule has 3 nitrogen and oxygen atoms in total. The van der Waals surface area contributed by atoms with E-state index in [0.29, 0.717) is 0 Å². The van der Waals surface area contributed by atoms with Gasteiger partial charge in [0, 0.05) is 40.9 Å². The minimum Gasteiger partial charge on any atom is -0.310 e. The van der Waals surface area contributed by atoms with Crippen molar-refractivity contribution in [1.82, 2.24) is 10.2 Å². The van der Waals surface area contributed by atoms with Crippen LogP contribution in [0.4, 0.5) is 0 Å². The molecular formula is C13H28N2OS. The molecule has 1 heterocycles. The summed E-state index contributed by atoms with van der Waals surface area (Å²) >= 11 is 0. The SMILES string of the molecule is CCS(=O)CCN1CCCNC(CC)(CC)C1. The minimum absolute atomic E-state index is 0.282. The zero-order valence-corrected chi connectivity index (χ0v) is 12.4. The number of nitrogens with zero attached hydrogens (tertiary/aromatic N) is 1. The van der Waals surface area contributed by atoms with E-state index < -0.39 is 10.8 Å². The predicted molar refractivity (Wildman–Crippen MR) is 75.9 cm³/mol. The van der Waals surface area contributed by atoms with Gasteiger partial charge in [-0.3, -0.25) is 4.21 Å². The highest BCUT2D eigenvalue weighted by Crippen LogP contribution is 2.19. The Morgan fingerprint density at radius 1 is 1.29 bits per heavy atom. The van der Waals surface area contributed by atoms with Crippen LogP contribution in [0.25, 0.3) is 0 Å². The van der Waals surface area contributed by atoms with Gasteiger partial charge in [0.2, 0.25) is 0 Å². The summed E-state index contributed by atoms with van der Waals surface area (Å²) in [4.78, 5) is 2.50. The molecular weight excluding hydrogens is 232 g/mol. The highest BCUT2D eigenvalue weighted by atomic mass is 32.2. The first-order valence-corrected chi connectivity index (χ1v) is 8.47. The van der Waals surface area contributed by atoms with Crippen LogP contribution < -0.4 is 5.32 Å². The maximum atomic E-state index is 11.5. The number of nitrogens with one attached hydrogen (secondary N) is 1. The Morgan fingerprint density at radius 2 is 2.00 bits per heavy atom. The normalized spacial score (nSPS) is 23.2. The Kier molecular flexibility index (Phi) is 6.67. The maximum absolute atomic E-state index is 11.5. The first kappa shape index (κ1) is 15.1. The highest BCUT2D eigenvalue weighted by molar-refractivity contribution is 7.84. The van der Waals surface area contributed by atoms with E-state index >= 15 is 0 Å². The second-order valence-electron chi connectivity index (χ2n) is 4.98. The smallest absolute Gasteiger partial charge is 0.0362 e. The summed E-state index contributed by atoms with van der Waals surface area (Å²) in [5, 5.41) is 3.71. The predicted octanol–water partition coefficient (Wildman–Crippen LogP) is 1.61. The molecule has 0 amide bonds. The Labute approximate surface area is 109 Å². The van der Waals surface area contributed by atoms with E-state index in [1.807, 2.05) is 6.92 Å². The van der Waals surface area contributed by atoms with E-state index in [2.05, 4.69) is 24.1 Å². The second-order valence-corrected chi connectivity index (χ2v) is 6.84. The Bertz CT molecular complexity index is 242. The first-order valence-electron chi connectivity index (χ1n) is 6.98. The molecule has 1 rings (SSSR count). The molecule has 0 bridgehead atoms. The van der Waals surface area contributed by atoms with Gasteiger partial charge < -0.3 is 10.2 Å². The summed E-state index contributed by atoms with van der Waals surface area (Å²) in [5.41, 5.74) is 0.282. The van der Waals surface area contributed by atoms with Crippen LogP contribution in [0.15, 0.2) is 0 Å². The van der Waals surface area contributed by atoms with Crippen molar-refractivity contribution in [3.05, 3.63) is 0 Å². The minimum atomic E-state index is -0.625. The molecule has 1 saturated heterocycles. The van der Waals surface area contributed by atoms with E-state index in [9.17, 15) is 4.21 Å². The third-order valence-electron chi connectivity index (χ3n) is 3.99. The molecule has 1 aliphatic rings. The monoisotopic (exact) mass is 260 g/mol. The first-order chi connectivity index (χ1) is 8.15. The third-order valence-corrected chi connectivity index (χ3v) is 5.27. The van der Waals surface area contributed by atoms with Crippen molar-refractivity contribution in [2.45, 2.75) is 45.6 Å². The van der Waals surface area contributed by atoms with Gasteiger partial charge in [0.15, 0.2) is 0 Å². The van der Waals surface area contributed by atoms with Gasteiger partial charge in [0.25, 0.3) is 0 Å². The summed E-state index contributed by atoms with van der Waals surface area (Å²) in [6.45, 7) is 10.9. The van der Waals surface area contributed by atoms with Gasteiger partial charge in [-0.1, -0.05) is 20.8 Å². The Balaban J connectivity index is 2.51. The van der Waals surface area contributed by atoms with Crippen LogP contribution in [0, 0.1) is 0 Å². The molecule has 0 aromatic rings. The van der Waals surface area contributed by atoms with E-state index in [1.165, 1.54) is 19.3 Å². The summed E-state index contributed by atoms with van der Waals surface area (Å²) in [6, 6.07) is 0. The van der Waals surface area contributed by atoms with Gasteiger partial charge in [-0.15, -0.1) is 0 Å². The molecule has 0 spiro atoms. The zero-order valence-electron chi connectivity index (χ0n) is 11.6. The van der Waals surface area contributed by atoms with E-state index in [1.54, 1.807) is 0 Å². The molecule has 1 aliphatic heterocycles. The number of rotatable bonds is 6. The van der Waals surface area contributed by atoms with Crippen molar-refractivity contribution < 1.29 is 4.21 Å². The lowest BCUT2D eigenvalue weighted by molar-refractivity contribution is 0.205. The van der Waals surface area contributed by atoms with Crippen LogP contribution in [-0.2, 0) is 10.8 Å². The number of hydrogen-bond donors (Lipinski definition) is 1. The van der Waals surface area contributed by atoms with Crippen LogP contribution >= 0.6 is 0 Å². The summed E-state index contributed by atoms with van der Waals surface area (Å²) in [7, 11) is -0.625. The number of hydrogen-bond acceptors (Lipinski definition) is 3. The molecule has 4 heteroatoms. The van der Waals surface area contributed by atoms with Crippen LogP contribution in [0.3, 0.4) is 0 Å². The van der Waals surface area contributed by atoms with Gasteiger partial charge in [-0.25, -0.2) is 0 Å². The fourth-order valence-electron chi connectivity index (χ4n) is 2.51. The van der Waals surface area contributed by atoms with Gasteiger partial charge in [-0.2, -0.15) is 0 Å². The van der Waals surface area contributed by atoms with Gasteiger partial charge in [-0.05, 0) is 32.4 Å². The molecule has 0 radical (unpaired) electrons. The summed E-state index contributed by atoms with van der Waals surface area (Å²) < 4.78 is 11.5. The fraction of sp³-hybridized carbons (Fsp3) is 1.00. The largest absolute Gasteiger partial charge is 0.310 e. The fourth-order valence-corrected chi connectivity index (χ4v) is 3.26. The van der Waals surface area contributed by atoms with E-state index in [0.717, 1.165) is 37.7 Å². The quantitative estimate of drug-likeness (QED) is 0.787. The third kappa shape index (κ3) is 4.68. The highest BCUT2D eigenvalue weighted by Gasteiger charge is 2.29. The zero-order chi connectivity index (χ0) is 12.7. The standard InChI is InChI=1S/C13H28N2OS/c1-4-13(5-2)12-15(9-7-8-14-13)10-11-17(16)6-3/h14H,4-12H2,1-3H3. The van der Waals surface area contributed by atoms with Crippen molar-refractivity contribution in [3.63, 3.8) is 0 Å². The molecule has 102 valence electrons. The molecule has 0 aromatic heterocycles. The lowest BCUT2D eigenvalue weighted by atomic mass is 9.92. The second kappa shape index (κ2) is 7.49. The van der Waals surface area contributed by atoms with Crippen molar-refractivity contribution in [1.29, 1.82) is 0 Å². The average Bonchev–Trinajstić information content (AvgIpc) is 2.58. The van der Waals surface area contributed by atoms with E-state index in [4.69, 9.17) is 0 Å². The molecule has 1 N–H and O–H groups in total. The van der Waals surface area contributed by atoms with Crippen molar-refractivity contribution in [2.24, 2.45) is 0 Å². The van der Waals surface area contributed by atoms with E-state index in [-0.39, 0.29) is 5.54 Å². The summed E-state index contributed by atoms with van der Waals surface area (Å²) in [6.07, 6.45) is 3.56. The van der Waals surface area contributed by atoms with Gasteiger partial charge in [0.1, 0.15) is 0 Å². The lowest BCUT2D eigenvalue weighted by Gasteiger charge is -2.35. The lowest BCUT2D eigenvalue weighted by Crippen LogP contribution is -2.51. The molecule has 0 aliphatic carbocycles. The molecule has 0 saturated carbocycles. The molecule has 1 fully saturated rings. The molecule has 0 aromatic carbocycles. The van der Waals surface area contributed by atoms with Gasteiger partial charge >= 0.3 is 0 Å². The average molecular weight is 260 g/mol. The van der Waals surface area contributed by atoms with Crippen molar-refractivity contribution in [2.75, 3.05) is 37.7 Å². The Morgan fingerprint density at radius 3 is 2.59 bits per heavy atom. The summed E-state index contributed by atoms with van der Waals surface area (Å²) in [5.74, 6) is 1.62. The van der Waals surface area contributed by atoms with Crippen molar-refractivity contribution >= 4 is 10.8 Å².